The fraction of sp³-hybridized carbons (Fsp3) is 0.750. The summed E-state index contributed by atoms with van der Waals surface area (Å²) in [6.45, 7) is 7.00. The number of carbonyl (C=O) groups excluding carboxylic acids is 1. The van der Waals surface area contributed by atoms with Gasteiger partial charge in [0.1, 0.15) is 17.5 Å². The minimum Gasteiger partial charge on any atom is -0.444 e. The molecule has 2 unspecified atom stereocenters. The predicted molar refractivity (Wildman–Crippen MR) is 94.0 cm³/mol. The number of halogens is 1. The number of hydrogen-bond acceptors (Lipinski definition) is 6. The summed E-state index contributed by atoms with van der Waals surface area (Å²) in [4.78, 5) is 24.3. The van der Waals surface area contributed by atoms with Crippen molar-refractivity contribution in [3.8, 4) is 0 Å². The fourth-order valence-electron chi connectivity index (χ4n) is 3.16. The van der Waals surface area contributed by atoms with Crippen molar-refractivity contribution in [2.75, 3.05) is 18.0 Å². The second kappa shape index (κ2) is 7.08. The van der Waals surface area contributed by atoms with E-state index in [9.17, 15) is 14.9 Å². The number of carbonyl (C=O) groups is 1. The molecular weight excluding hydrogens is 345 g/mol. The highest BCUT2D eigenvalue weighted by Crippen LogP contribution is 2.33. The third-order valence-electron chi connectivity index (χ3n) is 4.05. The van der Waals surface area contributed by atoms with Crippen molar-refractivity contribution in [2.45, 2.75) is 57.8 Å². The number of nitro groups is 1. The summed E-state index contributed by atoms with van der Waals surface area (Å²) in [6.07, 6.45) is 1.08. The molecule has 1 saturated heterocycles. The number of aryl methyl sites for hydroxylation is 1. The highest BCUT2D eigenvalue weighted by molar-refractivity contribution is 5.68. The molecule has 0 spiro atoms. The van der Waals surface area contributed by atoms with Crippen LogP contribution in [0.4, 0.5) is 20.7 Å². The zero-order valence-corrected chi connectivity index (χ0v) is 15.8. The van der Waals surface area contributed by atoms with E-state index < -0.39 is 28.3 Å². The summed E-state index contributed by atoms with van der Waals surface area (Å²) in [5.74, 6) is 0.261. The first kappa shape index (κ1) is 19.9. The van der Waals surface area contributed by atoms with Gasteiger partial charge in [0.25, 0.3) is 0 Å². The molecule has 10 heteroatoms. The summed E-state index contributed by atoms with van der Waals surface area (Å²) in [6, 6.07) is -0.433. The lowest BCUT2D eigenvalue weighted by Crippen LogP contribution is -2.42. The lowest BCUT2D eigenvalue weighted by molar-refractivity contribution is -0.384. The maximum atomic E-state index is 15.0. The molecule has 9 nitrogen and oxygen atoms in total. The number of anilines is 1. The average Bonchev–Trinajstić information content (AvgIpc) is 2.75. The van der Waals surface area contributed by atoms with E-state index in [1.165, 1.54) is 11.6 Å². The summed E-state index contributed by atoms with van der Waals surface area (Å²) in [5.41, 5.74) is -2.45. The first-order chi connectivity index (χ1) is 11.9. The normalized spacial score (nSPS) is 24.1. The number of alkyl halides is 1. The Hall–Kier alpha value is -2.39. The Morgan fingerprint density at radius 2 is 2.19 bits per heavy atom. The molecule has 2 atom stereocenters. The minimum absolute atomic E-state index is 0.0279. The number of nitrogens with one attached hydrogen (secondary N) is 1. The number of amides is 1. The standard InChI is InChI=1S/C16H26FN5O4/c1-15(2,3)26-14(23)19-11-6-7-21(10-16(4,17)8-11)13-12(22(24)25)9-18-20(13)5/h9,11H,6-8,10H2,1-5H3,(H,19,23). The van der Waals surface area contributed by atoms with E-state index in [2.05, 4.69) is 10.4 Å². The molecule has 2 rings (SSSR count). The largest absolute Gasteiger partial charge is 0.444 e. The Kier molecular flexibility index (Phi) is 5.43. The monoisotopic (exact) mass is 371 g/mol. The molecule has 1 aliphatic rings. The summed E-state index contributed by atoms with van der Waals surface area (Å²) in [7, 11) is 1.58. The lowest BCUT2D eigenvalue weighted by Gasteiger charge is -2.27. The highest BCUT2D eigenvalue weighted by Gasteiger charge is 2.38. The maximum Gasteiger partial charge on any atom is 0.407 e. The van der Waals surface area contributed by atoms with Crippen molar-refractivity contribution in [3.63, 3.8) is 0 Å². The summed E-state index contributed by atoms with van der Waals surface area (Å²) >= 11 is 0. The number of rotatable bonds is 3. The van der Waals surface area contributed by atoms with Crippen LogP contribution in [0.5, 0.6) is 0 Å². The van der Waals surface area contributed by atoms with Gasteiger partial charge in [-0.1, -0.05) is 0 Å². The summed E-state index contributed by atoms with van der Waals surface area (Å²) in [5, 5.41) is 17.9. The third-order valence-corrected chi connectivity index (χ3v) is 4.05. The van der Waals surface area contributed by atoms with Gasteiger partial charge in [0.15, 0.2) is 0 Å². The molecule has 26 heavy (non-hydrogen) atoms. The molecule has 1 fully saturated rings. The Morgan fingerprint density at radius 1 is 1.54 bits per heavy atom. The molecule has 1 N–H and O–H groups in total. The molecule has 1 aliphatic heterocycles. The number of alkyl carbamates (subject to hydrolysis) is 1. The van der Waals surface area contributed by atoms with E-state index >= 15 is 4.39 Å². The molecule has 2 heterocycles. The molecule has 1 aromatic heterocycles. The topological polar surface area (TPSA) is 103 Å². The van der Waals surface area contributed by atoms with Crippen LogP contribution in [-0.2, 0) is 11.8 Å². The van der Waals surface area contributed by atoms with E-state index in [0.29, 0.717) is 13.0 Å². The minimum atomic E-state index is -1.64. The van der Waals surface area contributed by atoms with Crippen LogP contribution in [-0.4, -0.2) is 51.2 Å². The Balaban J connectivity index is 2.16. The van der Waals surface area contributed by atoms with E-state index in [1.807, 2.05) is 0 Å². The molecule has 0 radical (unpaired) electrons. The van der Waals surface area contributed by atoms with Gasteiger partial charge in [-0.3, -0.25) is 10.1 Å². The molecule has 0 bridgehead atoms. The van der Waals surface area contributed by atoms with Gasteiger partial charge in [0.05, 0.1) is 11.5 Å². The van der Waals surface area contributed by atoms with Crippen molar-refractivity contribution < 1.29 is 18.8 Å². The smallest absolute Gasteiger partial charge is 0.407 e. The van der Waals surface area contributed by atoms with E-state index in [4.69, 9.17) is 4.74 Å². The van der Waals surface area contributed by atoms with E-state index in [1.54, 1.807) is 32.7 Å². The first-order valence-corrected chi connectivity index (χ1v) is 8.48. The lowest BCUT2D eigenvalue weighted by atomic mass is 9.98. The van der Waals surface area contributed by atoms with Crippen LogP contribution in [0.1, 0.15) is 40.5 Å². The maximum absolute atomic E-state index is 15.0. The fourth-order valence-corrected chi connectivity index (χ4v) is 3.16. The molecule has 0 aliphatic carbocycles. The number of nitrogens with zero attached hydrogens (tertiary/aromatic N) is 4. The molecule has 146 valence electrons. The van der Waals surface area contributed by atoms with Crippen LogP contribution in [0, 0.1) is 10.1 Å². The van der Waals surface area contributed by atoms with Crippen LogP contribution in [0.15, 0.2) is 6.20 Å². The van der Waals surface area contributed by atoms with Crippen LogP contribution in [0.2, 0.25) is 0 Å². The summed E-state index contributed by atoms with van der Waals surface area (Å²) < 4.78 is 21.6. The Bertz CT molecular complexity index is 683. The molecule has 1 aromatic rings. The van der Waals surface area contributed by atoms with Crippen molar-refractivity contribution in [1.29, 1.82) is 0 Å². The average molecular weight is 371 g/mol. The van der Waals surface area contributed by atoms with Crippen LogP contribution in [0.25, 0.3) is 0 Å². The second-order valence-corrected chi connectivity index (χ2v) is 7.90. The predicted octanol–water partition coefficient (Wildman–Crippen LogP) is 2.55. The third kappa shape index (κ3) is 5.06. The Labute approximate surface area is 151 Å². The van der Waals surface area contributed by atoms with Crippen LogP contribution in [0.3, 0.4) is 0 Å². The molecule has 1 amide bonds. The second-order valence-electron chi connectivity index (χ2n) is 7.90. The van der Waals surface area contributed by atoms with Gasteiger partial charge in [-0.15, -0.1) is 0 Å². The van der Waals surface area contributed by atoms with Gasteiger partial charge in [-0.2, -0.15) is 5.10 Å². The van der Waals surface area contributed by atoms with Gasteiger partial charge in [0.2, 0.25) is 5.82 Å². The molecule has 0 saturated carbocycles. The number of hydrogen-bond donors (Lipinski definition) is 1. The van der Waals surface area contributed by atoms with Gasteiger partial charge >= 0.3 is 11.8 Å². The quantitative estimate of drug-likeness (QED) is 0.647. The van der Waals surface area contributed by atoms with Gasteiger partial charge in [-0.05, 0) is 34.1 Å². The van der Waals surface area contributed by atoms with E-state index in [0.717, 1.165) is 6.20 Å². The van der Waals surface area contributed by atoms with Crippen molar-refractivity contribution >= 4 is 17.6 Å². The SMILES string of the molecule is Cn1ncc([N+](=O)[O-])c1N1CCC(NC(=O)OC(C)(C)C)CC(C)(F)C1. The van der Waals surface area contributed by atoms with Crippen molar-refractivity contribution in [1.82, 2.24) is 15.1 Å². The zero-order valence-electron chi connectivity index (χ0n) is 15.8. The highest BCUT2D eigenvalue weighted by atomic mass is 19.1. The van der Waals surface area contributed by atoms with Crippen LogP contribution >= 0.6 is 0 Å². The Morgan fingerprint density at radius 3 is 2.77 bits per heavy atom. The molecule has 0 aromatic carbocycles. The van der Waals surface area contributed by atoms with Crippen LogP contribution < -0.4 is 10.2 Å². The van der Waals surface area contributed by atoms with E-state index in [-0.39, 0.29) is 24.5 Å². The number of ether oxygens (including phenoxy) is 1. The first-order valence-electron chi connectivity index (χ1n) is 8.48. The van der Waals surface area contributed by atoms with Gasteiger partial charge in [0, 0.05) is 26.1 Å². The van der Waals surface area contributed by atoms with Crippen molar-refractivity contribution in [2.24, 2.45) is 7.05 Å². The zero-order chi connectivity index (χ0) is 19.7. The van der Waals surface area contributed by atoms with Gasteiger partial charge in [-0.25, -0.2) is 13.9 Å². The molecular formula is C16H26FN5O4. The van der Waals surface area contributed by atoms with Gasteiger partial charge < -0.3 is 15.0 Å². The number of aromatic nitrogens is 2. The van der Waals surface area contributed by atoms with Crippen molar-refractivity contribution in [3.05, 3.63) is 16.3 Å².